The monoisotopic (exact) mass is 261 g/mol. The van der Waals surface area contributed by atoms with Crippen LogP contribution in [-0.4, -0.2) is 10.9 Å². The summed E-state index contributed by atoms with van der Waals surface area (Å²) >= 11 is 1.76. The molecule has 94 valence electrons. The number of anilines is 1. The highest BCUT2D eigenvalue weighted by molar-refractivity contribution is 7.12. The van der Waals surface area contributed by atoms with Crippen molar-refractivity contribution in [3.05, 3.63) is 45.8 Å². The zero-order valence-corrected chi connectivity index (χ0v) is 11.1. The van der Waals surface area contributed by atoms with E-state index in [0.717, 1.165) is 5.82 Å². The van der Waals surface area contributed by atoms with Gasteiger partial charge in [-0.1, -0.05) is 0 Å². The second-order valence-corrected chi connectivity index (χ2v) is 5.43. The van der Waals surface area contributed by atoms with Crippen molar-refractivity contribution < 1.29 is 4.79 Å². The summed E-state index contributed by atoms with van der Waals surface area (Å²) < 4.78 is 0. The van der Waals surface area contributed by atoms with Crippen LogP contribution in [0.2, 0.25) is 0 Å². The van der Waals surface area contributed by atoms with Gasteiger partial charge in [0.25, 0.3) is 0 Å². The molecule has 0 saturated carbocycles. The van der Waals surface area contributed by atoms with Crippen LogP contribution in [0, 0.1) is 6.92 Å². The molecule has 0 saturated heterocycles. The minimum atomic E-state index is -0.462. The predicted octanol–water partition coefficient (Wildman–Crippen LogP) is 2.72. The zero-order valence-electron chi connectivity index (χ0n) is 10.3. The van der Waals surface area contributed by atoms with Crippen molar-refractivity contribution in [2.75, 3.05) is 5.32 Å². The summed E-state index contributed by atoms with van der Waals surface area (Å²) in [4.78, 5) is 17.6. The number of pyridine rings is 1. The molecule has 0 radical (unpaired) electrons. The van der Waals surface area contributed by atoms with Crippen molar-refractivity contribution in [2.24, 2.45) is 5.73 Å². The average molecular weight is 261 g/mol. The first-order chi connectivity index (χ1) is 8.56. The molecule has 0 fully saturated rings. The Balaban J connectivity index is 2.07. The molecule has 0 bridgehead atoms. The van der Waals surface area contributed by atoms with E-state index in [1.165, 1.54) is 16.0 Å². The summed E-state index contributed by atoms with van der Waals surface area (Å²) in [6.45, 7) is 4.16. The maximum Gasteiger partial charge on any atom is 0.250 e. The minimum absolute atomic E-state index is 0.190. The van der Waals surface area contributed by atoms with Crippen LogP contribution < -0.4 is 11.1 Å². The first kappa shape index (κ1) is 12.6. The van der Waals surface area contributed by atoms with Crippen molar-refractivity contribution >= 4 is 23.1 Å². The third-order valence-electron chi connectivity index (χ3n) is 2.60. The van der Waals surface area contributed by atoms with Gasteiger partial charge in [-0.15, -0.1) is 11.3 Å². The van der Waals surface area contributed by atoms with Gasteiger partial charge in [0.1, 0.15) is 5.82 Å². The van der Waals surface area contributed by atoms with Crippen LogP contribution in [0.1, 0.15) is 33.1 Å². The van der Waals surface area contributed by atoms with Crippen LogP contribution in [0.4, 0.5) is 5.82 Å². The number of amides is 1. The van der Waals surface area contributed by atoms with E-state index in [1.807, 2.05) is 0 Å². The van der Waals surface area contributed by atoms with Crippen LogP contribution in [0.3, 0.4) is 0 Å². The largest absolute Gasteiger partial charge is 0.366 e. The molecule has 0 spiro atoms. The van der Waals surface area contributed by atoms with Crippen molar-refractivity contribution in [3.8, 4) is 0 Å². The quantitative estimate of drug-likeness (QED) is 0.889. The highest BCUT2D eigenvalue weighted by Crippen LogP contribution is 2.24. The Hall–Kier alpha value is -1.88. The molecule has 5 heteroatoms. The van der Waals surface area contributed by atoms with Gasteiger partial charge >= 0.3 is 0 Å². The molecule has 18 heavy (non-hydrogen) atoms. The van der Waals surface area contributed by atoms with Gasteiger partial charge in [0.05, 0.1) is 11.6 Å². The maximum absolute atomic E-state index is 10.9. The fraction of sp³-hybridized carbons (Fsp3) is 0.231. The topological polar surface area (TPSA) is 68.0 Å². The Morgan fingerprint density at radius 3 is 2.67 bits per heavy atom. The van der Waals surface area contributed by atoms with E-state index >= 15 is 0 Å². The van der Waals surface area contributed by atoms with Crippen LogP contribution in [0.5, 0.6) is 0 Å². The molecule has 1 unspecified atom stereocenters. The van der Waals surface area contributed by atoms with Crippen LogP contribution >= 0.6 is 11.3 Å². The van der Waals surface area contributed by atoms with Gasteiger partial charge in [-0.2, -0.15) is 0 Å². The zero-order chi connectivity index (χ0) is 13.1. The molecular weight excluding hydrogens is 246 g/mol. The molecule has 0 aliphatic carbocycles. The van der Waals surface area contributed by atoms with E-state index < -0.39 is 5.91 Å². The highest BCUT2D eigenvalue weighted by atomic mass is 32.1. The number of carbonyl (C=O) groups excluding carboxylic acids is 1. The van der Waals surface area contributed by atoms with Crippen LogP contribution in [0.25, 0.3) is 0 Å². The fourth-order valence-electron chi connectivity index (χ4n) is 1.60. The van der Waals surface area contributed by atoms with E-state index in [2.05, 4.69) is 36.3 Å². The van der Waals surface area contributed by atoms with E-state index in [4.69, 9.17) is 5.73 Å². The lowest BCUT2D eigenvalue weighted by Gasteiger charge is -2.12. The Bertz CT molecular complexity index is 548. The number of nitrogens with zero attached hydrogens (tertiary/aromatic N) is 1. The Morgan fingerprint density at radius 1 is 1.39 bits per heavy atom. The summed E-state index contributed by atoms with van der Waals surface area (Å²) in [7, 11) is 0. The molecule has 2 heterocycles. The third-order valence-corrected chi connectivity index (χ3v) is 3.78. The smallest absolute Gasteiger partial charge is 0.250 e. The lowest BCUT2D eigenvalue weighted by molar-refractivity contribution is 0.1000. The van der Waals surface area contributed by atoms with E-state index in [0.29, 0.717) is 5.56 Å². The number of primary amides is 1. The van der Waals surface area contributed by atoms with Crippen molar-refractivity contribution in [1.82, 2.24) is 4.98 Å². The van der Waals surface area contributed by atoms with Crippen LogP contribution in [0.15, 0.2) is 30.5 Å². The Labute approximate surface area is 110 Å². The molecule has 2 rings (SSSR count). The number of nitrogens with one attached hydrogen (secondary N) is 1. The number of hydrogen-bond donors (Lipinski definition) is 2. The SMILES string of the molecule is Cc1ccc(C(C)Nc2ccc(C(N)=O)cn2)s1. The molecule has 0 aromatic carbocycles. The van der Waals surface area contributed by atoms with E-state index in [1.54, 1.807) is 23.5 Å². The molecule has 3 N–H and O–H groups in total. The van der Waals surface area contributed by atoms with Crippen molar-refractivity contribution in [2.45, 2.75) is 19.9 Å². The number of aryl methyl sites for hydroxylation is 1. The summed E-state index contributed by atoms with van der Waals surface area (Å²) in [5.41, 5.74) is 5.58. The number of thiophene rings is 1. The normalized spacial score (nSPS) is 12.1. The van der Waals surface area contributed by atoms with Crippen molar-refractivity contribution in [1.29, 1.82) is 0 Å². The maximum atomic E-state index is 10.9. The molecule has 0 aliphatic heterocycles. The number of aromatic nitrogens is 1. The van der Waals surface area contributed by atoms with Gasteiger partial charge in [-0.3, -0.25) is 4.79 Å². The molecule has 4 nitrogen and oxygen atoms in total. The first-order valence-electron chi connectivity index (χ1n) is 5.65. The lowest BCUT2D eigenvalue weighted by Crippen LogP contribution is -2.12. The molecule has 1 amide bonds. The van der Waals surface area contributed by atoms with Gasteiger partial charge in [0.2, 0.25) is 5.91 Å². The summed E-state index contributed by atoms with van der Waals surface area (Å²) in [6.07, 6.45) is 1.48. The summed E-state index contributed by atoms with van der Waals surface area (Å²) in [5, 5.41) is 3.28. The third kappa shape index (κ3) is 2.87. The van der Waals surface area contributed by atoms with E-state index in [9.17, 15) is 4.79 Å². The summed E-state index contributed by atoms with van der Waals surface area (Å²) in [5.74, 6) is 0.273. The van der Waals surface area contributed by atoms with Crippen molar-refractivity contribution in [3.63, 3.8) is 0 Å². The van der Waals surface area contributed by atoms with Gasteiger partial charge in [0.15, 0.2) is 0 Å². The van der Waals surface area contributed by atoms with E-state index in [-0.39, 0.29) is 6.04 Å². The number of hydrogen-bond acceptors (Lipinski definition) is 4. The lowest BCUT2D eigenvalue weighted by atomic mass is 10.2. The standard InChI is InChI=1S/C13H15N3OS/c1-8-3-5-11(18-8)9(2)16-12-6-4-10(7-15-12)13(14)17/h3-7,9H,1-2H3,(H2,14,17)(H,15,16). The van der Waals surface area contributed by atoms with Crippen LogP contribution in [-0.2, 0) is 0 Å². The molecule has 1 atom stereocenters. The Kier molecular flexibility index (Phi) is 3.62. The highest BCUT2D eigenvalue weighted by Gasteiger charge is 2.08. The molecule has 2 aromatic heterocycles. The minimum Gasteiger partial charge on any atom is -0.366 e. The van der Waals surface area contributed by atoms with Gasteiger partial charge in [-0.05, 0) is 38.1 Å². The second kappa shape index (κ2) is 5.18. The first-order valence-corrected chi connectivity index (χ1v) is 6.46. The molecule has 0 aliphatic rings. The second-order valence-electron chi connectivity index (χ2n) is 4.11. The summed E-state index contributed by atoms with van der Waals surface area (Å²) in [6, 6.07) is 7.83. The van der Waals surface area contributed by atoms with Gasteiger partial charge in [-0.25, -0.2) is 4.98 Å². The Morgan fingerprint density at radius 2 is 2.17 bits per heavy atom. The number of rotatable bonds is 4. The van der Waals surface area contributed by atoms with Gasteiger partial charge in [0, 0.05) is 16.0 Å². The fourth-order valence-corrected chi connectivity index (χ4v) is 2.48. The molecule has 2 aromatic rings. The average Bonchev–Trinajstić information content (AvgIpc) is 2.76. The predicted molar refractivity (Wildman–Crippen MR) is 73.8 cm³/mol. The van der Waals surface area contributed by atoms with Gasteiger partial charge < -0.3 is 11.1 Å². The number of carbonyl (C=O) groups is 1. The molecular formula is C13H15N3OS. The number of nitrogens with two attached hydrogens (primary N) is 1.